The van der Waals surface area contributed by atoms with Crippen LogP contribution in [0.15, 0.2) is 87.6 Å². The quantitative estimate of drug-likeness (QED) is 0.125. The number of ether oxygens (including phenoxy) is 4. The Kier molecular flexibility index (Phi) is 16.8. The summed E-state index contributed by atoms with van der Waals surface area (Å²) in [6.07, 6.45) is 4.46. The van der Waals surface area contributed by atoms with E-state index in [4.69, 9.17) is 23.4 Å². The Bertz CT molecular complexity index is 2350. The van der Waals surface area contributed by atoms with Crippen molar-refractivity contribution in [2.75, 3.05) is 38.8 Å². The number of carbonyl (C=O) groups excluding carboxylic acids is 5. The van der Waals surface area contributed by atoms with Crippen LogP contribution in [0.5, 0.6) is 0 Å². The van der Waals surface area contributed by atoms with Crippen molar-refractivity contribution in [1.29, 1.82) is 0 Å². The molecule has 3 heterocycles. The van der Waals surface area contributed by atoms with Gasteiger partial charge in [-0.05, 0) is 76.8 Å². The molecule has 2 aliphatic heterocycles. The average molecular weight is 915 g/mol. The Labute approximate surface area is 386 Å². The van der Waals surface area contributed by atoms with Crippen LogP contribution in [0.2, 0.25) is 0 Å². The highest BCUT2D eigenvalue weighted by molar-refractivity contribution is 5.97. The molecule has 16 nitrogen and oxygen atoms in total. The number of rotatable bonds is 11. The average Bonchev–Trinajstić information content (AvgIpc) is 3.96. The van der Waals surface area contributed by atoms with Gasteiger partial charge in [0.1, 0.15) is 35.9 Å². The second kappa shape index (κ2) is 21.6. The van der Waals surface area contributed by atoms with Crippen LogP contribution in [0.1, 0.15) is 97.2 Å². The number of hydrogen-bond donors (Lipinski definition) is 3. The number of nitrogens with zero attached hydrogens (tertiary/aromatic N) is 2. The van der Waals surface area contributed by atoms with E-state index in [9.17, 15) is 33.9 Å². The number of likely N-dealkylation sites (N-methyl/N-ethyl adjacent to an activating group) is 1. The van der Waals surface area contributed by atoms with Crippen molar-refractivity contribution in [1.82, 2.24) is 15.5 Å². The molecule has 3 N–H and O–H groups in total. The predicted molar refractivity (Wildman–Crippen MR) is 249 cm³/mol. The molecule has 3 aromatic rings. The number of fused-ring (bicyclic) bond motifs is 2. The molecule has 0 bridgehead atoms. The Hall–Kier alpha value is -5.84. The number of benzene rings is 2. The van der Waals surface area contributed by atoms with E-state index in [0.29, 0.717) is 23.8 Å². The number of carbonyl (C=O) groups is 5. The molecule has 2 aromatic carbocycles. The van der Waals surface area contributed by atoms with E-state index in [0.717, 1.165) is 24.4 Å². The number of nitrogens with one attached hydrogen (secondary N) is 2. The molecule has 0 radical (unpaired) electrons. The summed E-state index contributed by atoms with van der Waals surface area (Å²) in [5.41, 5.74) is -2.10. The van der Waals surface area contributed by atoms with Crippen molar-refractivity contribution < 1.29 is 52.4 Å². The minimum Gasteiger partial charge on any atom is -0.459 e. The number of allylic oxidation sites excluding steroid dienone is 2. The summed E-state index contributed by atoms with van der Waals surface area (Å²) in [6, 6.07) is 11.0. The van der Waals surface area contributed by atoms with Crippen molar-refractivity contribution in [3.05, 3.63) is 99.9 Å². The smallest absolute Gasteiger partial charge is 0.351 e. The fourth-order valence-electron chi connectivity index (χ4n) is 8.28. The van der Waals surface area contributed by atoms with Crippen molar-refractivity contribution >= 4 is 46.3 Å². The largest absolute Gasteiger partial charge is 0.459 e. The van der Waals surface area contributed by atoms with Crippen LogP contribution in [0.3, 0.4) is 0 Å². The van der Waals surface area contributed by atoms with E-state index in [-0.39, 0.29) is 5.58 Å². The Morgan fingerprint density at radius 2 is 1.70 bits per heavy atom. The van der Waals surface area contributed by atoms with Crippen LogP contribution >= 0.6 is 0 Å². The lowest BCUT2D eigenvalue weighted by molar-refractivity contribution is -0.162. The van der Waals surface area contributed by atoms with Gasteiger partial charge in [0.15, 0.2) is 11.6 Å². The third kappa shape index (κ3) is 11.8. The van der Waals surface area contributed by atoms with Gasteiger partial charge in [-0.15, -0.1) is 0 Å². The fraction of sp³-hybridized carbons (Fsp3) is 0.520. The van der Waals surface area contributed by atoms with E-state index < -0.39 is 107 Å². The first-order valence-electron chi connectivity index (χ1n) is 22.6. The summed E-state index contributed by atoms with van der Waals surface area (Å²) >= 11 is 0. The number of amides is 3. The van der Waals surface area contributed by atoms with Crippen molar-refractivity contribution in [3.63, 3.8) is 0 Å². The molecular weight excluding hydrogens is 849 g/mol. The van der Waals surface area contributed by atoms with Crippen molar-refractivity contribution in [2.45, 2.75) is 123 Å². The van der Waals surface area contributed by atoms with Crippen LogP contribution in [-0.2, 0) is 38.1 Å². The first-order valence-corrected chi connectivity index (χ1v) is 22.6. The minimum atomic E-state index is -1.93. The third-order valence-electron chi connectivity index (χ3n) is 12.7. The van der Waals surface area contributed by atoms with Gasteiger partial charge in [-0.25, -0.2) is 14.4 Å². The number of epoxide rings is 1. The molecular formula is C50H66N4O12. The zero-order chi connectivity index (χ0) is 48.7. The predicted octanol–water partition coefficient (Wildman–Crippen LogP) is 5.41. The summed E-state index contributed by atoms with van der Waals surface area (Å²) in [5, 5.41) is 17.0. The molecule has 1 fully saturated rings. The lowest BCUT2D eigenvalue weighted by atomic mass is 9.93. The zero-order valence-electron chi connectivity index (χ0n) is 39.9. The van der Waals surface area contributed by atoms with E-state index >= 15 is 0 Å². The van der Waals surface area contributed by atoms with E-state index in [1.807, 2.05) is 65.0 Å². The van der Waals surface area contributed by atoms with Gasteiger partial charge in [0.2, 0.25) is 11.8 Å². The van der Waals surface area contributed by atoms with Gasteiger partial charge in [0.25, 0.3) is 5.91 Å². The second-order valence-electron chi connectivity index (χ2n) is 17.9. The summed E-state index contributed by atoms with van der Waals surface area (Å²) in [5.74, 6) is -5.32. The molecule has 0 spiro atoms. The lowest BCUT2D eigenvalue weighted by Gasteiger charge is -2.34. The zero-order valence-corrected chi connectivity index (χ0v) is 39.9. The third-order valence-corrected chi connectivity index (χ3v) is 12.7. The summed E-state index contributed by atoms with van der Waals surface area (Å²) in [7, 11) is 3.05. The maximum absolute atomic E-state index is 14.5. The van der Waals surface area contributed by atoms with E-state index in [1.165, 1.54) is 31.9 Å². The molecule has 66 heavy (non-hydrogen) atoms. The van der Waals surface area contributed by atoms with E-state index in [2.05, 4.69) is 15.5 Å². The highest BCUT2D eigenvalue weighted by Crippen LogP contribution is 2.42. The Morgan fingerprint density at radius 1 is 1.02 bits per heavy atom. The van der Waals surface area contributed by atoms with Gasteiger partial charge in [-0.2, -0.15) is 0 Å². The van der Waals surface area contributed by atoms with Crippen molar-refractivity contribution in [2.24, 2.45) is 11.8 Å². The number of aliphatic hydroxyl groups is 1. The molecule has 1 aromatic heterocycles. The molecule has 0 saturated carbocycles. The highest BCUT2D eigenvalue weighted by Gasteiger charge is 2.61. The van der Waals surface area contributed by atoms with Gasteiger partial charge < -0.3 is 48.9 Å². The normalized spacial score (nSPS) is 27.8. The van der Waals surface area contributed by atoms with Gasteiger partial charge in [0, 0.05) is 56.7 Å². The molecule has 0 aliphatic carbocycles. The topological polar surface area (TPSA) is 207 Å². The van der Waals surface area contributed by atoms with Crippen LogP contribution < -0.4 is 21.2 Å². The summed E-state index contributed by atoms with van der Waals surface area (Å²) < 4.78 is 29.1. The summed E-state index contributed by atoms with van der Waals surface area (Å²) in [4.78, 5) is 87.7. The SMILES string of the molecule is CC[C@H](C)[C@H]1C(=O)N[C@H](COC(=O)c2cc3ccc(N(CC)CC)cc3oc2=O)C(=O)N[C@@H](C(C)(C)O)C(=O)O[C@H](c2ccccc2)[C@H](C)/C=C/C=C(\C)[C@H](OC)C[C@@H]2O[C@@]2(C)C(=O)N1C. The summed E-state index contributed by atoms with van der Waals surface area (Å²) in [6.45, 7) is 16.2. The maximum atomic E-state index is 14.5. The maximum Gasteiger partial charge on any atom is 0.351 e. The molecule has 5 rings (SSSR count). The molecule has 0 unspecified atom stereocenters. The number of hydrogen-bond acceptors (Lipinski definition) is 13. The molecule has 16 heteroatoms. The van der Waals surface area contributed by atoms with Crippen molar-refractivity contribution in [3.8, 4) is 0 Å². The molecule has 2 aliphatic rings. The number of methoxy groups -OCH3 is 1. The first-order chi connectivity index (χ1) is 31.2. The standard InChI is InChI=1S/C50H66N4O12/c1-12-29(4)40-44(56)51-36(28-63-45(57)35-25-33-23-24-34(54(13-2)14-3)26-38(33)64-46(35)58)43(55)52-42(49(7,8)61)47(59)65-41(32-21-16-15-17-22-32)31(6)20-18-19-30(5)37(62-11)27-39-50(9,66-39)48(60)53(40)10/h15-26,29,31,36-37,39-42,61H,12-14,27-28H2,1-11H3,(H,51,56)(H,52,55)/b20-18+,30-19+/t29-,31+,36+,37+,39-,40-,41-,42+,50+/m0/s1. The van der Waals surface area contributed by atoms with Crippen LogP contribution in [0, 0.1) is 11.8 Å². The fourth-order valence-corrected chi connectivity index (χ4v) is 8.28. The van der Waals surface area contributed by atoms with Crippen LogP contribution in [0.4, 0.5) is 5.69 Å². The number of anilines is 1. The van der Waals surface area contributed by atoms with E-state index in [1.54, 1.807) is 57.4 Å². The second-order valence-corrected chi connectivity index (χ2v) is 17.9. The molecule has 3 amide bonds. The van der Waals surface area contributed by atoms with Gasteiger partial charge in [-0.1, -0.05) is 75.8 Å². The molecule has 1 saturated heterocycles. The lowest BCUT2D eigenvalue weighted by Crippen LogP contribution is -2.62. The van der Waals surface area contributed by atoms with Gasteiger partial charge in [-0.3, -0.25) is 14.4 Å². The number of cyclic esters (lactones) is 1. The number of esters is 2. The molecule has 358 valence electrons. The monoisotopic (exact) mass is 914 g/mol. The van der Waals surface area contributed by atoms with Crippen LogP contribution in [-0.4, -0.2) is 115 Å². The Morgan fingerprint density at radius 3 is 2.32 bits per heavy atom. The first kappa shape index (κ1) is 51.1. The highest BCUT2D eigenvalue weighted by atomic mass is 16.6. The van der Waals surface area contributed by atoms with Crippen LogP contribution in [0.25, 0.3) is 11.0 Å². The minimum absolute atomic E-state index is 0.250. The van der Waals surface area contributed by atoms with Gasteiger partial charge >= 0.3 is 17.6 Å². The Balaban J connectivity index is 1.54. The van der Waals surface area contributed by atoms with Gasteiger partial charge in [0.05, 0.1) is 17.8 Å². The molecule has 9 atom stereocenters.